The van der Waals surface area contributed by atoms with Gasteiger partial charge in [0.25, 0.3) is 0 Å². The summed E-state index contributed by atoms with van der Waals surface area (Å²) in [4.78, 5) is 26.7. The van der Waals surface area contributed by atoms with E-state index in [9.17, 15) is 9.59 Å². The van der Waals surface area contributed by atoms with Crippen LogP contribution in [0.4, 0.5) is 10.5 Å². The van der Waals surface area contributed by atoms with Crippen LogP contribution in [0.3, 0.4) is 0 Å². The van der Waals surface area contributed by atoms with Crippen molar-refractivity contribution in [1.29, 1.82) is 0 Å². The number of nitrogens with one attached hydrogen (secondary N) is 1. The van der Waals surface area contributed by atoms with E-state index in [1.165, 1.54) is 0 Å². The fourth-order valence-corrected chi connectivity index (χ4v) is 3.70. The highest BCUT2D eigenvalue weighted by Gasteiger charge is 2.52. The summed E-state index contributed by atoms with van der Waals surface area (Å²) in [5.41, 5.74) is 1.88. The van der Waals surface area contributed by atoms with Crippen molar-refractivity contribution in [2.24, 2.45) is 0 Å². The van der Waals surface area contributed by atoms with E-state index in [-0.39, 0.29) is 12.5 Å². The Balaban J connectivity index is 1.50. The predicted octanol–water partition coefficient (Wildman–Crippen LogP) is 2.93. The molecule has 1 N–H and O–H groups in total. The molecule has 0 saturated carbocycles. The molecule has 2 heterocycles. The van der Waals surface area contributed by atoms with Gasteiger partial charge in [-0.3, -0.25) is 4.79 Å². The van der Waals surface area contributed by atoms with Gasteiger partial charge in [-0.25, -0.2) is 4.79 Å². The lowest BCUT2D eigenvalue weighted by Gasteiger charge is -2.22. The van der Waals surface area contributed by atoms with E-state index < -0.39 is 11.5 Å². The lowest BCUT2D eigenvalue weighted by atomic mass is 9.81. The van der Waals surface area contributed by atoms with Crippen LogP contribution in [0.2, 0.25) is 0 Å². The number of amides is 2. The molecule has 0 radical (unpaired) electrons. The number of anilines is 1. The highest BCUT2D eigenvalue weighted by atomic mass is 16.6. The van der Waals surface area contributed by atoms with Crippen molar-refractivity contribution in [2.75, 3.05) is 25.5 Å². The number of hydrogen-bond donors (Lipinski definition) is 1. The first-order chi connectivity index (χ1) is 12.6. The van der Waals surface area contributed by atoms with E-state index in [1.54, 1.807) is 12.0 Å². The first-order valence-corrected chi connectivity index (χ1v) is 8.58. The van der Waals surface area contributed by atoms with E-state index in [1.807, 2.05) is 48.5 Å². The van der Waals surface area contributed by atoms with Crippen molar-refractivity contribution in [1.82, 2.24) is 4.90 Å². The minimum absolute atomic E-state index is 0.0703. The molecule has 1 atom stereocenters. The predicted molar refractivity (Wildman–Crippen MR) is 96.1 cm³/mol. The Kier molecular flexibility index (Phi) is 4.03. The summed E-state index contributed by atoms with van der Waals surface area (Å²) < 4.78 is 10.7. The van der Waals surface area contributed by atoms with Crippen molar-refractivity contribution in [3.63, 3.8) is 0 Å². The number of fused-ring (bicyclic) bond motifs is 2. The molecule has 0 aromatic heterocycles. The summed E-state index contributed by atoms with van der Waals surface area (Å²) >= 11 is 0. The zero-order chi connectivity index (χ0) is 18.1. The second-order valence-corrected chi connectivity index (χ2v) is 6.66. The molecule has 134 valence electrons. The minimum Gasteiger partial charge on any atom is -0.497 e. The van der Waals surface area contributed by atoms with E-state index >= 15 is 0 Å². The maximum atomic E-state index is 12.7. The molecule has 6 nitrogen and oxygen atoms in total. The molecule has 1 spiro atoms. The lowest BCUT2D eigenvalue weighted by Crippen LogP contribution is -2.39. The molecule has 2 amide bonds. The van der Waals surface area contributed by atoms with Crippen LogP contribution in [0.15, 0.2) is 48.5 Å². The standard InChI is InChI=1S/C20H20N2O4/c1-25-15-7-8-17-16(11-15)20(18(23)21-17)9-10-22(13-20)19(24)26-12-14-5-3-2-4-6-14/h2-8,11H,9-10,12-13H2,1H3,(H,21,23). The molecule has 2 aromatic carbocycles. The first-order valence-electron chi connectivity index (χ1n) is 8.58. The van der Waals surface area contributed by atoms with Gasteiger partial charge in [-0.2, -0.15) is 0 Å². The van der Waals surface area contributed by atoms with Gasteiger partial charge in [0.2, 0.25) is 5.91 Å². The maximum Gasteiger partial charge on any atom is 0.410 e. The molecule has 0 bridgehead atoms. The van der Waals surface area contributed by atoms with Gasteiger partial charge in [0.1, 0.15) is 12.4 Å². The van der Waals surface area contributed by atoms with Crippen molar-refractivity contribution in [2.45, 2.75) is 18.4 Å². The number of methoxy groups -OCH3 is 1. The van der Waals surface area contributed by atoms with Gasteiger partial charge in [0, 0.05) is 18.8 Å². The van der Waals surface area contributed by atoms with Crippen LogP contribution < -0.4 is 10.1 Å². The Labute approximate surface area is 151 Å². The molecule has 2 aliphatic rings. The van der Waals surface area contributed by atoms with Gasteiger partial charge < -0.3 is 19.7 Å². The topological polar surface area (TPSA) is 67.9 Å². The van der Waals surface area contributed by atoms with Gasteiger partial charge in [-0.05, 0) is 35.7 Å². The number of ether oxygens (including phenoxy) is 2. The highest BCUT2D eigenvalue weighted by molar-refractivity contribution is 6.07. The van der Waals surface area contributed by atoms with Crippen molar-refractivity contribution >= 4 is 17.7 Å². The first kappa shape index (κ1) is 16.4. The van der Waals surface area contributed by atoms with Crippen LogP contribution in [0.1, 0.15) is 17.5 Å². The summed E-state index contributed by atoms with van der Waals surface area (Å²) in [6.45, 7) is 1.02. The highest BCUT2D eigenvalue weighted by Crippen LogP contribution is 2.45. The number of rotatable bonds is 3. The molecule has 6 heteroatoms. The zero-order valence-corrected chi connectivity index (χ0v) is 14.5. The number of carbonyl (C=O) groups excluding carboxylic acids is 2. The smallest absolute Gasteiger partial charge is 0.410 e. The number of likely N-dealkylation sites (tertiary alicyclic amines) is 1. The summed E-state index contributed by atoms with van der Waals surface area (Å²) in [6, 6.07) is 15.1. The van der Waals surface area contributed by atoms with Gasteiger partial charge in [0.05, 0.1) is 12.5 Å². The fraction of sp³-hybridized carbons (Fsp3) is 0.300. The van der Waals surface area contributed by atoms with E-state index in [0.717, 1.165) is 16.8 Å². The third kappa shape index (κ3) is 2.67. The Morgan fingerprint density at radius 2 is 2.04 bits per heavy atom. The van der Waals surface area contributed by atoms with Crippen molar-refractivity contribution < 1.29 is 19.1 Å². The molecule has 2 aliphatic heterocycles. The zero-order valence-electron chi connectivity index (χ0n) is 14.5. The summed E-state index contributed by atoms with van der Waals surface area (Å²) in [5, 5.41) is 2.93. The molecular formula is C20H20N2O4. The minimum atomic E-state index is -0.727. The van der Waals surface area contributed by atoms with Gasteiger partial charge in [-0.15, -0.1) is 0 Å². The summed E-state index contributed by atoms with van der Waals surface area (Å²) in [7, 11) is 1.60. The van der Waals surface area contributed by atoms with Crippen LogP contribution in [-0.4, -0.2) is 37.1 Å². The van der Waals surface area contributed by atoms with Gasteiger partial charge in [-0.1, -0.05) is 30.3 Å². The van der Waals surface area contributed by atoms with Crippen molar-refractivity contribution in [3.05, 3.63) is 59.7 Å². The SMILES string of the molecule is COc1ccc2c(c1)C1(CCN(C(=O)OCc3ccccc3)C1)C(=O)N2. The third-order valence-electron chi connectivity index (χ3n) is 5.16. The molecule has 1 fully saturated rings. The Hall–Kier alpha value is -3.02. The summed E-state index contributed by atoms with van der Waals surface area (Å²) in [6.07, 6.45) is 0.175. The largest absolute Gasteiger partial charge is 0.497 e. The number of nitrogens with zero attached hydrogens (tertiary/aromatic N) is 1. The Morgan fingerprint density at radius 1 is 1.23 bits per heavy atom. The monoisotopic (exact) mass is 352 g/mol. The fourth-order valence-electron chi connectivity index (χ4n) is 3.70. The Bertz CT molecular complexity index is 852. The molecule has 0 aliphatic carbocycles. The second kappa shape index (κ2) is 6.37. The lowest BCUT2D eigenvalue weighted by molar-refractivity contribution is -0.120. The van der Waals surface area contributed by atoms with E-state index in [0.29, 0.717) is 25.3 Å². The summed E-state index contributed by atoms with van der Waals surface area (Å²) in [5.74, 6) is 0.629. The molecule has 26 heavy (non-hydrogen) atoms. The molecular weight excluding hydrogens is 332 g/mol. The van der Waals surface area contributed by atoms with Gasteiger partial charge >= 0.3 is 6.09 Å². The molecule has 2 aromatic rings. The van der Waals surface area contributed by atoms with Crippen LogP contribution in [0.25, 0.3) is 0 Å². The van der Waals surface area contributed by atoms with Crippen LogP contribution in [0, 0.1) is 0 Å². The van der Waals surface area contributed by atoms with Crippen LogP contribution in [-0.2, 0) is 21.6 Å². The van der Waals surface area contributed by atoms with E-state index in [4.69, 9.17) is 9.47 Å². The maximum absolute atomic E-state index is 12.7. The Morgan fingerprint density at radius 3 is 2.81 bits per heavy atom. The number of benzene rings is 2. The third-order valence-corrected chi connectivity index (χ3v) is 5.16. The average Bonchev–Trinajstić information content (AvgIpc) is 3.24. The average molecular weight is 352 g/mol. The number of hydrogen-bond acceptors (Lipinski definition) is 4. The molecule has 1 saturated heterocycles. The molecule has 1 unspecified atom stereocenters. The van der Waals surface area contributed by atoms with Crippen LogP contribution in [0.5, 0.6) is 5.75 Å². The normalized spacial score (nSPS) is 20.8. The van der Waals surface area contributed by atoms with Crippen LogP contribution >= 0.6 is 0 Å². The quantitative estimate of drug-likeness (QED) is 0.922. The number of carbonyl (C=O) groups is 2. The van der Waals surface area contributed by atoms with Gasteiger partial charge in [0.15, 0.2) is 0 Å². The second-order valence-electron chi connectivity index (χ2n) is 6.66. The molecule has 4 rings (SSSR count). The van der Waals surface area contributed by atoms with Crippen molar-refractivity contribution in [3.8, 4) is 5.75 Å². The van der Waals surface area contributed by atoms with E-state index in [2.05, 4.69) is 5.32 Å².